The topological polar surface area (TPSA) is 88.7 Å². The number of carbonyl (C=O) groups excluding carboxylic acids is 1. The third-order valence-electron chi connectivity index (χ3n) is 2.99. The summed E-state index contributed by atoms with van der Waals surface area (Å²) in [6.45, 7) is 9.11. The summed E-state index contributed by atoms with van der Waals surface area (Å²) < 4.78 is 5.41. The number of aromatic nitrogens is 1. The summed E-state index contributed by atoms with van der Waals surface area (Å²) in [7, 11) is 0. The van der Waals surface area contributed by atoms with E-state index in [-0.39, 0.29) is 0 Å². The molecule has 0 radical (unpaired) electrons. The van der Waals surface area contributed by atoms with Crippen molar-refractivity contribution in [2.45, 2.75) is 58.9 Å². The fourth-order valence-corrected chi connectivity index (χ4v) is 1.71. The van der Waals surface area contributed by atoms with Crippen molar-refractivity contribution in [3.05, 3.63) is 24.0 Å². The van der Waals surface area contributed by atoms with E-state index in [0.717, 1.165) is 5.69 Å². The van der Waals surface area contributed by atoms with E-state index in [2.05, 4.69) is 4.98 Å². The molecule has 2 atom stereocenters. The van der Waals surface area contributed by atoms with Crippen molar-refractivity contribution < 1.29 is 14.6 Å². The van der Waals surface area contributed by atoms with E-state index in [9.17, 15) is 9.90 Å². The lowest BCUT2D eigenvalue weighted by Crippen LogP contribution is -2.47. The van der Waals surface area contributed by atoms with E-state index in [1.165, 1.54) is 4.90 Å². The predicted molar refractivity (Wildman–Crippen MR) is 82.0 cm³/mol. The van der Waals surface area contributed by atoms with Crippen molar-refractivity contribution in [2.75, 3.05) is 4.90 Å². The smallest absolute Gasteiger partial charge is 0.415 e. The molecule has 0 saturated heterocycles. The number of nitrogens with two attached hydrogens (primary N) is 1. The molecule has 21 heavy (non-hydrogen) atoms. The first-order valence-corrected chi connectivity index (χ1v) is 7.01. The average Bonchev–Trinajstić information content (AvgIpc) is 2.37. The fraction of sp³-hybridized carbons (Fsp3) is 0.600. The van der Waals surface area contributed by atoms with Crippen molar-refractivity contribution in [1.82, 2.24) is 4.98 Å². The summed E-state index contributed by atoms with van der Waals surface area (Å²) in [5.41, 5.74) is 6.20. The van der Waals surface area contributed by atoms with Gasteiger partial charge in [0.25, 0.3) is 0 Å². The number of hydrogen-bond acceptors (Lipinski definition) is 5. The molecule has 0 aliphatic rings. The first kappa shape index (κ1) is 17.4. The number of nitrogens with zero attached hydrogens (tertiary/aromatic N) is 2. The van der Waals surface area contributed by atoms with Crippen LogP contribution in [0.4, 0.5) is 10.5 Å². The van der Waals surface area contributed by atoms with Gasteiger partial charge in [0.15, 0.2) is 0 Å². The Morgan fingerprint density at radius 3 is 2.43 bits per heavy atom. The number of pyridine rings is 1. The number of rotatable bonds is 4. The molecule has 0 aliphatic heterocycles. The molecule has 1 rings (SSSR count). The molecule has 0 bridgehead atoms. The third-order valence-corrected chi connectivity index (χ3v) is 2.99. The lowest BCUT2D eigenvalue weighted by molar-refractivity contribution is 0.0528. The van der Waals surface area contributed by atoms with Crippen LogP contribution in [0.25, 0.3) is 0 Å². The monoisotopic (exact) mass is 295 g/mol. The molecule has 1 amide bonds. The first-order valence-electron chi connectivity index (χ1n) is 7.01. The van der Waals surface area contributed by atoms with Crippen LogP contribution in [0, 0.1) is 0 Å². The molecule has 0 fully saturated rings. The summed E-state index contributed by atoms with van der Waals surface area (Å²) in [6.07, 6.45) is 0.343. The van der Waals surface area contributed by atoms with E-state index >= 15 is 0 Å². The highest BCUT2D eigenvalue weighted by Gasteiger charge is 2.29. The minimum Gasteiger partial charge on any atom is -0.443 e. The maximum absolute atomic E-state index is 12.4. The lowest BCUT2D eigenvalue weighted by Gasteiger charge is -2.32. The number of carbonyl (C=O) groups is 1. The Bertz CT molecular complexity index is 466. The maximum Gasteiger partial charge on any atom is 0.415 e. The first-order chi connectivity index (χ1) is 9.65. The molecule has 3 N–H and O–H groups in total. The largest absolute Gasteiger partial charge is 0.443 e. The highest BCUT2D eigenvalue weighted by atomic mass is 16.6. The van der Waals surface area contributed by atoms with Crippen LogP contribution in [0.5, 0.6) is 0 Å². The van der Waals surface area contributed by atoms with Gasteiger partial charge < -0.3 is 15.6 Å². The van der Waals surface area contributed by atoms with Gasteiger partial charge in [0.2, 0.25) is 0 Å². The Kier molecular flexibility index (Phi) is 5.69. The van der Waals surface area contributed by atoms with Gasteiger partial charge in [-0.2, -0.15) is 0 Å². The standard InChI is InChI=1S/C15H25N3O3/c1-10(11(2)19)18(14(20)21-15(3,4)5)13-7-6-12(8-16)17-9-13/h6-7,9-11,19H,8,16H2,1-5H3. The maximum atomic E-state index is 12.4. The van der Waals surface area contributed by atoms with Crippen LogP contribution < -0.4 is 10.6 Å². The summed E-state index contributed by atoms with van der Waals surface area (Å²) in [6, 6.07) is 3.06. The van der Waals surface area contributed by atoms with Crippen LogP contribution in [0.2, 0.25) is 0 Å². The molecule has 1 aromatic heterocycles. The highest BCUT2D eigenvalue weighted by molar-refractivity contribution is 5.88. The van der Waals surface area contributed by atoms with Crippen molar-refractivity contribution in [3.8, 4) is 0 Å². The number of hydrogen-bond donors (Lipinski definition) is 2. The van der Waals surface area contributed by atoms with Crippen LogP contribution >= 0.6 is 0 Å². The van der Waals surface area contributed by atoms with E-state index in [1.54, 1.807) is 52.9 Å². The fourth-order valence-electron chi connectivity index (χ4n) is 1.71. The second kappa shape index (κ2) is 6.87. The molecule has 0 aromatic carbocycles. The quantitative estimate of drug-likeness (QED) is 0.887. The molecule has 2 unspecified atom stereocenters. The molecule has 1 aromatic rings. The molecule has 6 nitrogen and oxygen atoms in total. The van der Waals surface area contributed by atoms with Gasteiger partial charge in [0.1, 0.15) is 5.60 Å². The molecular weight excluding hydrogens is 270 g/mol. The number of aliphatic hydroxyl groups excluding tert-OH is 1. The van der Waals surface area contributed by atoms with E-state index in [0.29, 0.717) is 12.2 Å². The number of ether oxygens (including phenoxy) is 1. The van der Waals surface area contributed by atoms with E-state index in [1.807, 2.05) is 0 Å². The van der Waals surface area contributed by atoms with Gasteiger partial charge in [-0.3, -0.25) is 9.88 Å². The normalized spacial score (nSPS) is 14.4. The molecule has 1 heterocycles. The van der Waals surface area contributed by atoms with Crippen LogP contribution in [0.1, 0.15) is 40.3 Å². The van der Waals surface area contributed by atoms with Crippen LogP contribution in [-0.4, -0.2) is 33.9 Å². The highest BCUT2D eigenvalue weighted by Crippen LogP contribution is 2.21. The minimum atomic E-state index is -0.702. The summed E-state index contributed by atoms with van der Waals surface area (Å²) in [5, 5.41) is 9.81. The lowest BCUT2D eigenvalue weighted by atomic mass is 10.1. The van der Waals surface area contributed by atoms with Crippen LogP contribution in [-0.2, 0) is 11.3 Å². The van der Waals surface area contributed by atoms with Gasteiger partial charge in [0, 0.05) is 6.54 Å². The third kappa shape index (κ3) is 4.99. The Hall–Kier alpha value is -1.66. The van der Waals surface area contributed by atoms with Gasteiger partial charge in [-0.15, -0.1) is 0 Å². The van der Waals surface area contributed by atoms with Crippen LogP contribution in [0.15, 0.2) is 18.3 Å². The van der Waals surface area contributed by atoms with Crippen LogP contribution in [0.3, 0.4) is 0 Å². The van der Waals surface area contributed by atoms with E-state index < -0.39 is 23.8 Å². The van der Waals surface area contributed by atoms with E-state index in [4.69, 9.17) is 10.5 Å². The number of amides is 1. The predicted octanol–water partition coefficient (Wildman–Crippen LogP) is 2.05. The Labute approximate surface area is 125 Å². The molecule has 6 heteroatoms. The summed E-state index contributed by atoms with van der Waals surface area (Å²) in [5.74, 6) is 0. The molecule has 0 saturated carbocycles. The van der Waals surface area contributed by atoms with Gasteiger partial charge in [-0.1, -0.05) is 0 Å². The van der Waals surface area contributed by atoms with Crippen molar-refractivity contribution in [2.24, 2.45) is 5.73 Å². The SMILES string of the molecule is CC(O)C(C)N(C(=O)OC(C)(C)C)c1ccc(CN)nc1. The number of aliphatic hydroxyl groups is 1. The molecular formula is C15H25N3O3. The molecule has 0 spiro atoms. The summed E-state index contributed by atoms with van der Waals surface area (Å²) in [4.78, 5) is 18.0. The Balaban J connectivity index is 3.09. The van der Waals surface area contributed by atoms with Gasteiger partial charge in [-0.05, 0) is 46.8 Å². The second-order valence-corrected chi connectivity index (χ2v) is 6.04. The average molecular weight is 295 g/mol. The Morgan fingerprint density at radius 2 is 2.05 bits per heavy atom. The zero-order valence-corrected chi connectivity index (χ0v) is 13.3. The van der Waals surface area contributed by atoms with Crippen molar-refractivity contribution in [1.29, 1.82) is 0 Å². The zero-order chi connectivity index (χ0) is 16.2. The minimum absolute atomic E-state index is 0.332. The molecule has 0 aliphatic carbocycles. The van der Waals surface area contributed by atoms with Gasteiger partial charge in [0.05, 0.1) is 29.7 Å². The molecule has 118 valence electrons. The van der Waals surface area contributed by atoms with Gasteiger partial charge in [-0.25, -0.2) is 4.79 Å². The zero-order valence-electron chi connectivity index (χ0n) is 13.3. The Morgan fingerprint density at radius 1 is 1.43 bits per heavy atom. The van der Waals surface area contributed by atoms with Gasteiger partial charge >= 0.3 is 6.09 Å². The van der Waals surface area contributed by atoms with Crippen molar-refractivity contribution in [3.63, 3.8) is 0 Å². The summed E-state index contributed by atoms with van der Waals surface area (Å²) >= 11 is 0. The number of anilines is 1. The second-order valence-electron chi connectivity index (χ2n) is 6.04. The van der Waals surface area contributed by atoms with Crippen molar-refractivity contribution >= 4 is 11.8 Å².